The molecule has 1 rings (SSSR count). The molecule has 0 fully saturated rings. The third kappa shape index (κ3) is 12.8. The molecule has 2 N–H and O–H groups in total. The predicted octanol–water partition coefficient (Wildman–Crippen LogP) is 4.83. The molecule has 0 radical (unpaired) electrons. The molecule has 0 aliphatic rings. The van der Waals surface area contributed by atoms with Crippen LogP contribution < -0.4 is 10.1 Å². The van der Waals surface area contributed by atoms with Crippen LogP contribution in [-0.4, -0.2) is 72.0 Å². The summed E-state index contributed by atoms with van der Waals surface area (Å²) in [6, 6.07) is 7.45. The Morgan fingerprint density at radius 3 is 2.42 bits per heavy atom. The molecule has 1 aromatic carbocycles. The number of hydrogen-bond donors (Lipinski definition) is 2. The van der Waals surface area contributed by atoms with Gasteiger partial charge in [-0.15, -0.1) is 0 Å². The number of rotatable bonds is 18. The molecule has 0 spiro atoms. The molecule has 0 saturated heterocycles. The Morgan fingerprint density at radius 1 is 1.09 bits per heavy atom. The zero-order chi connectivity index (χ0) is 24.5. The normalized spacial score (nSPS) is 12.7. The van der Waals surface area contributed by atoms with Gasteiger partial charge in [0, 0.05) is 31.4 Å². The summed E-state index contributed by atoms with van der Waals surface area (Å²) in [6.45, 7) is 9.99. The van der Waals surface area contributed by atoms with Crippen LogP contribution in [0.25, 0.3) is 0 Å². The third-order valence-corrected chi connectivity index (χ3v) is 6.33. The molecular weight excluding hydrogens is 440 g/mol. The van der Waals surface area contributed by atoms with E-state index in [0.29, 0.717) is 38.5 Å². The highest BCUT2D eigenvalue weighted by Crippen LogP contribution is 2.15. The number of benzene rings is 1. The van der Waals surface area contributed by atoms with Crippen molar-refractivity contribution in [2.24, 2.45) is 0 Å². The maximum atomic E-state index is 12.7. The van der Waals surface area contributed by atoms with Crippen molar-refractivity contribution < 1.29 is 24.2 Å². The number of nitrogens with zero attached hydrogens (tertiary/aromatic N) is 1. The van der Waals surface area contributed by atoms with Gasteiger partial charge in [-0.2, -0.15) is 11.8 Å². The van der Waals surface area contributed by atoms with Crippen molar-refractivity contribution in [2.75, 3.05) is 37.8 Å². The van der Waals surface area contributed by atoms with Crippen molar-refractivity contribution in [1.29, 1.82) is 0 Å². The number of unbranched alkanes of at least 4 members (excludes halogenated alkanes) is 2. The molecular formula is C25H42N2O5S. The highest BCUT2D eigenvalue weighted by atomic mass is 32.2. The van der Waals surface area contributed by atoms with Gasteiger partial charge in [0.25, 0.3) is 0 Å². The van der Waals surface area contributed by atoms with Crippen LogP contribution in [0.2, 0.25) is 0 Å². The Hall–Kier alpha value is -1.93. The minimum absolute atomic E-state index is 0.0481. The lowest BCUT2D eigenvalue weighted by Gasteiger charge is -2.25. The van der Waals surface area contributed by atoms with Crippen LogP contribution in [0.5, 0.6) is 5.75 Å². The van der Waals surface area contributed by atoms with Gasteiger partial charge in [0.1, 0.15) is 12.4 Å². The zero-order valence-electron chi connectivity index (χ0n) is 20.7. The minimum atomic E-state index is -0.962. The molecule has 8 heteroatoms. The molecule has 0 aliphatic heterocycles. The Kier molecular flexibility index (Phi) is 15.5. The van der Waals surface area contributed by atoms with E-state index in [0.717, 1.165) is 23.5 Å². The lowest BCUT2D eigenvalue weighted by Crippen LogP contribution is -2.46. The van der Waals surface area contributed by atoms with Crippen LogP contribution in [0.15, 0.2) is 24.3 Å². The molecule has 1 aromatic rings. The van der Waals surface area contributed by atoms with Crippen molar-refractivity contribution in [2.45, 2.75) is 71.9 Å². The number of carbonyl (C=O) groups excluding carboxylic acids is 1. The fourth-order valence-corrected chi connectivity index (χ4v) is 4.04. The average Bonchev–Trinajstić information content (AvgIpc) is 2.80. The van der Waals surface area contributed by atoms with Gasteiger partial charge >= 0.3 is 12.0 Å². The molecule has 2 atom stereocenters. The van der Waals surface area contributed by atoms with Crippen LogP contribution >= 0.6 is 11.8 Å². The largest absolute Gasteiger partial charge is 0.492 e. The zero-order valence-corrected chi connectivity index (χ0v) is 21.5. The predicted molar refractivity (Wildman–Crippen MR) is 135 cm³/mol. The van der Waals surface area contributed by atoms with Crippen molar-refractivity contribution in [1.82, 2.24) is 10.2 Å². The van der Waals surface area contributed by atoms with Crippen molar-refractivity contribution >= 4 is 23.8 Å². The summed E-state index contributed by atoms with van der Waals surface area (Å²) in [5.41, 5.74) is 0.873. The lowest BCUT2D eigenvalue weighted by atomic mass is 10.1. The van der Waals surface area contributed by atoms with Gasteiger partial charge in [-0.1, -0.05) is 38.8 Å². The van der Waals surface area contributed by atoms with Gasteiger partial charge in [-0.3, -0.25) is 0 Å². The number of carboxylic acid groups (broad SMARTS) is 1. The van der Waals surface area contributed by atoms with E-state index in [9.17, 15) is 14.7 Å². The Bertz CT molecular complexity index is 671. The molecule has 2 unspecified atom stereocenters. The number of amides is 2. The first-order valence-corrected chi connectivity index (χ1v) is 13.3. The van der Waals surface area contributed by atoms with Crippen LogP contribution in [0.4, 0.5) is 4.79 Å². The number of urea groups is 1. The van der Waals surface area contributed by atoms with Gasteiger partial charge < -0.3 is 24.8 Å². The SMILES string of the molecule is CCCCCSCCN(CCOc1ccc(CC(OCC)C(=O)O)cc1)C(=O)NC(C)CC. The standard InChI is InChI=1S/C25H42N2O5S/c1-5-8-9-17-33-18-15-27(25(30)26-20(4)6-2)14-16-32-22-12-10-21(11-13-22)19-23(24(28)29)31-7-3/h10-13,20,23H,5-9,14-19H2,1-4H3,(H,26,30)(H,28,29). The molecule has 33 heavy (non-hydrogen) atoms. The molecule has 2 amide bonds. The summed E-state index contributed by atoms with van der Waals surface area (Å²) in [7, 11) is 0. The fraction of sp³-hybridized carbons (Fsp3) is 0.680. The first-order valence-electron chi connectivity index (χ1n) is 12.1. The van der Waals surface area contributed by atoms with Crippen LogP contribution in [0.1, 0.15) is 58.9 Å². The molecule has 0 saturated carbocycles. The van der Waals surface area contributed by atoms with E-state index in [-0.39, 0.29) is 12.1 Å². The van der Waals surface area contributed by atoms with Crippen molar-refractivity contribution in [3.63, 3.8) is 0 Å². The fourth-order valence-electron chi connectivity index (χ4n) is 3.08. The van der Waals surface area contributed by atoms with Crippen LogP contribution in [0.3, 0.4) is 0 Å². The Morgan fingerprint density at radius 2 is 1.82 bits per heavy atom. The second-order valence-electron chi connectivity index (χ2n) is 8.04. The van der Waals surface area contributed by atoms with Crippen LogP contribution in [0, 0.1) is 0 Å². The summed E-state index contributed by atoms with van der Waals surface area (Å²) >= 11 is 1.89. The maximum absolute atomic E-state index is 12.7. The smallest absolute Gasteiger partial charge is 0.333 e. The molecule has 0 bridgehead atoms. The first kappa shape index (κ1) is 29.1. The number of ether oxygens (including phenoxy) is 2. The quantitative estimate of drug-likeness (QED) is 0.291. The summed E-state index contributed by atoms with van der Waals surface area (Å²) in [5.74, 6) is 1.77. The molecule has 0 aromatic heterocycles. The minimum Gasteiger partial charge on any atom is -0.492 e. The van der Waals surface area contributed by atoms with Gasteiger partial charge in [0.05, 0.1) is 6.54 Å². The van der Waals surface area contributed by atoms with E-state index in [1.807, 2.05) is 47.9 Å². The van der Waals surface area contributed by atoms with E-state index in [1.54, 1.807) is 6.92 Å². The topological polar surface area (TPSA) is 88.1 Å². The summed E-state index contributed by atoms with van der Waals surface area (Å²) in [5, 5.41) is 12.3. The molecule has 0 heterocycles. The molecule has 0 aliphatic carbocycles. The van der Waals surface area contributed by atoms with Gasteiger partial charge in [-0.05, 0) is 50.1 Å². The van der Waals surface area contributed by atoms with Gasteiger partial charge in [0.2, 0.25) is 0 Å². The number of nitrogens with one attached hydrogen (secondary N) is 1. The molecule has 7 nitrogen and oxygen atoms in total. The van der Waals surface area contributed by atoms with E-state index < -0.39 is 12.1 Å². The number of carbonyl (C=O) groups is 2. The van der Waals surface area contributed by atoms with Gasteiger partial charge in [0.15, 0.2) is 6.10 Å². The lowest BCUT2D eigenvalue weighted by molar-refractivity contribution is -0.149. The van der Waals surface area contributed by atoms with Gasteiger partial charge in [-0.25, -0.2) is 9.59 Å². The third-order valence-electron chi connectivity index (χ3n) is 5.28. The number of hydrogen-bond acceptors (Lipinski definition) is 5. The second kappa shape index (κ2) is 17.5. The summed E-state index contributed by atoms with van der Waals surface area (Å²) < 4.78 is 11.1. The van der Waals surface area contributed by atoms with Crippen molar-refractivity contribution in [3.8, 4) is 5.75 Å². The number of thioether (sulfide) groups is 1. The number of carboxylic acids is 1. The summed E-state index contributed by atoms with van der Waals surface area (Å²) in [6.07, 6.45) is 4.04. The van der Waals surface area contributed by atoms with Crippen LogP contribution in [-0.2, 0) is 16.0 Å². The first-order chi connectivity index (χ1) is 15.9. The average molecular weight is 483 g/mol. The summed E-state index contributed by atoms with van der Waals surface area (Å²) in [4.78, 5) is 25.8. The highest BCUT2D eigenvalue weighted by molar-refractivity contribution is 7.99. The van der Waals surface area contributed by atoms with E-state index >= 15 is 0 Å². The Balaban J connectivity index is 2.54. The van der Waals surface area contributed by atoms with E-state index in [4.69, 9.17) is 9.47 Å². The van der Waals surface area contributed by atoms with E-state index in [1.165, 1.54) is 19.3 Å². The van der Waals surface area contributed by atoms with Crippen molar-refractivity contribution in [3.05, 3.63) is 29.8 Å². The monoisotopic (exact) mass is 482 g/mol. The highest BCUT2D eigenvalue weighted by Gasteiger charge is 2.18. The molecule has 188 valence electrons. The number of aliphatic carboxylic acids is 1. The Labute approximate surface area is 203 Å². The maximum Gasteiger partial charge on any atom is 0.333 e. The second-order valence-corrected chi connectivity index (χ2v) is 9.27. The van der Waals surface area contributed by atoms with E-state index in [2.05, 4.69) is 19.2 Å².